The van der Waals surface area contributed by atoms with Crippen LogP contribution in [0.25, 0.3) is 10.8 Å². The summed E-state index contributed by atoms with van der Waals surface area (Å²) in [5, 5.41) is 5.26. The van der Waals surface area contributed by atoms with Crippen LogP contribution in [-0.2, 0) is 4.79 Å². The lowest BCUT2D eigenvalue weighted by atomic mass is 10.1. The molecule has 3 nitrogen and oxygen atoms in total. The van der Waals surface area contributed by atoms with Crippen molar-refractivity contribution in [2.24, 2.45) is 0 Å². The Balaban J connectivity index is 1.91. The zero-order valence-electron chi connectivity index (χ0n) is 15.0. The predicted molar refractivity (Wildman–Crippen MR) is 104 cm³/mol. The lowest BCUT2D eigenvalue weighted by Gasteiger charge is -2.20. The Kier molecular flexibility index (Phi) is 6.55. The van der Waals surface area contributed by atoms with Gasteiger partial charge in [0, 0.05) is 17.0 Å². The van der Waals surface area contributed by atoms with Crippen molar-refractivity contribution in [2.75, 3.05) is 12.3 Å². The molecular weight excluding hydrogens is 318 g/mol. The molecular formula is C20H27NO2S. The van der Waals surface area contributed by atoms with Crippen LogP contribution in [0.4, 0.5) is 0 Å². The minimum absolute atomic E-state index is 0.0415. The number of fused-ring (bicyclic) bond motifs is 1. The summed E-state index contributed by atoms with van der Waals surface area (Å²) < 4.78 is 6.13. The molecule has 0 bridgehead atoms. The van der Waals surface area contributed by atoms with Crippen LogP contribution in [0, 0.1) is 0 Å². The average Bonchev–Trinajstić information content (AvgIpc) is 2.55. The van der Waals surface area contributed by atoms with Crippen molar-refractivity contribution in [2.45, 2.75) is 45.0 Å². The highest BCUT2D eigenvalue weighted by Crippen LogP contribution is 2.23. The van der Waals surface area contributed by atoms with Crippen LogP contribution >= 0.6 is 11.8 Å². The molecule has 0 aromatic heterocycles. The zero-order valence-corrected chi connectivity index (χ0v) is 15.8. The van der Waals surface area contributed by atoms with Crippen molar-refractivity contribution in [1.29, 1.82) is 0 Å². The largest absolute Gasteiger partial charge is 0.481 e. The molecule has 24 heavy (non-hydrogen) atoms. The van der Waals surface area contributed by atoms with E-state index in [1.807, 2.05) is 55.1 Å². The van der Waals surface area contributed by atoms with E-state index in [4.69, 9.17) is 4.74 Å². The van der Waals surface area contributed by atoms with Crippen LogP contribution in [0.3, 0.4) is 0 Å². The molecule has 4 heteroatoms. The van der Waals surface area contributed by atoms with E-state index in [1.165, 1.54) is 5.39 Å². The second kappa shape index (κ2) is 8.43. The summed E-state index contributed by atoms with van der Waals surface area (Å²) in [6.45, 7) is 9.17. The van der Waals surface area contributed by atoms with Gasteiger partial charge in [-0.1, -0.05) is 58.0 Å². The minimum Gasteiger partial charge on any atom is -0.481 e. The lowest BCUT2D eigenvalue weighted by molar-refractivity contribution is -0.127. The van der Waals surface area contributed by atoms with Crippen molar-refractivity contribution in [1.82, 2.24) is 5.32 Å². The van der Waals surface area contributed by atoms with Gasteiger partial charge in [0.05, 0.1) is 0 Å². The summed E-state index contributed by atoms with van der Waals surface area (Å²) in [5.41, 5.74) is 0. The molecule has 2 aromatic carbocycles. The number of carbonyl (C=O) groups excluding carboxylic acids is 1. The number of ether oxygens (including phenoxy) is 1. The maximum atomic E-state index is 12.3. The summed E-state index contributed by atoms with van der Waals surface area (Å²) in [4.78, 5) is 12.3. The van der Waals surface area contributed by atoms with Gasteiger partial charge in [0.2, 0.25) is 0 Å². The molecule has 0 aliphatic carbocycles. The van der Waals surface area contributed by atoms with Gasteiger partial charge in [-0.05, 0) is 29.3 Å². The van der Waals surface area contributed by atoms with E-state index in [1.54, 1.807) is 0 Å². The molecule has 0 saturated heterocycles. The minimum atomic E-state index is -0.453. The topological polar surface area (TPSA) is 38.3 Å². The van der Waals surface area contributed by atoms with Gasteiger partial charge in [0.25, 0.3) is 5.91 Å². The molecule has 0 heterocycles. The van der Waals surface area contributed by atoms with Gasteiger partial charge in [-0.15, -0.1) is 0 Å². The first-order valence-corrected chi connectivity index (χ1v) is 9.45. The highest BCUT2D eigenvalue weighted by Gasteiger charge is 2.18. The molecule has 1 atom stereocenters. The van der Waals surface area contributed by atoms with E-state index in [9.17, 15) is 4.79 Å². The predicted octanol–water partition coefficient (Wildman–Crippen LogP) is 4.65. The van der Waals surface area contributed by atoms with Crippen molar-refractivity contribution in [3.8, 4) is 5.75 Å². The fraction of sp³-hybridized carbons (Fsp3) is 0.450. The van der Waals surface area contributed by atoms with Crippen molar-refractivity contribution >= 4 is 28.4 Å². The number of amides is 1. The second-order valence-electron chi connectivity index (χ2n) is 6.78. The molecule has 0 aliphatic rings. The number of benzene rings is 2. The molecule has 0 spiro atoms. The Morgan fingerprint density at radius 1 is 1.17 bits per heavy atom. The fourth-order valence-corrected chi connectivity index (χ4v) is 3.19. The molecule has 0 radical (unpaired) electrons. The maximum absolute atomic E-state index is 12.3. The van der Waals surface area contributed by atoms with E-state index in [0.29, 0.717) is 13.0 Å². The summed E-state index contributed by atoms with van der Waals surface area (Å²) in [6.07, 6.45) is 0.191. The number of hydrogen-bond donors (Lipinski definition) is 1. The maximum Gasteiger partial charge on any atom is 0.261 e. The Morgan fingerprint density at radius 2 is 1.88 bits per heavy atom. The van der Waals surface area contributed by atoms with Crippen LogP contribution in [0.1, 0.15) is 34.1 Å². The number of carbonyl (C=O) groups is 1. The molecule has 0 unspecified atom stereocenters. The fourth-order valence-electron chi connectivity index (χ4n) is 2.37. The molecule has 2 aromatic rings. The Labute approximate surface area is 149 Å². The summed E-state index contributed by atoms with van der Waals surface area (Å²) in [7, 11) is 0. The third-order valence-electron chi connectivity index (χ3n) is 3.60. The molecule has 0 aliphatic heterocycles. The van der Waals surface area contributed by atoms with Crippen molar-refractivity contribution < 1.29 is 9.53 Å². The first-order chi connectivity index (χ1) is 11.4. The number of rotatable bonds is 7. The third kappa shape index (κ3) is 5.75. The normalized spacial score (nSPS) is 12.8. The second-order valence-corrected chi connectivity index (χ2v) is 8.70. The van der Waals surface area contributed by atoms with Gasteiger partial charge in [0.1, 0.15) is 5.75 Å². The molecule has 1 N–H and O–H groups in total. The van der Waals surface area contributed by atoms with Crippen LogP contribution < -0.4 is 10.1 Å². The highest BCUT2D eigenvalue weighted by molar-refractivity contribution is 8.00. The van der Waals surface area contributed by atoms with Crippen LogP contribution in [0.15, 0.2) is 42.5 Å². The van der Waals surface area contributed by atoms with Gasteiger partial charge in [-0.3, -0.25) is 4.79 Å². The number of hydrogen-bond acceptors (Lipinski definition) is 3. The van der Waals surface area contributed by atoms with E-state index in [-0.39, 0.29) is 10.7 Å². The average molecular weight is 346 g/mol. The third-order valence-corrected chi connectivity index (χ3v) is 4.87. The quantitative estimate of drug-likeness (QED) is 0.743. The molecule has 0 fully saturated rings. The molecule has 130 valence electrons. The zero-order chi connectivity index (χ0) is 17.6. The molecule has 0 saturated carbocycles. The van der Waals surface area contributed by atoms with Crippen LogP contribution in [0.5, 0.6) is 5.75 Å². The van der Waals surface area contributed by atoms with Gasteiger partial charge < -0.3 is 10.1 Å². The van der Waals surface area contributed by atoms with E-state index in [0.717, 1.165) is 16.9 Å². The van der Waals surface area contributed by atoms with E-state index < -0.39 is 6.10 Å². The van der Waals surface area contributed by atoms with E-state index in [2.05, 4.69) is 32.2 Å². The van der Waals surface area contributed by atoms with E-state index >= 15 is 0 Å². The van der Waals surface area contributed by atoms with Crippen LogP contribution in [-0.4, -0.2) is 29.1 Å². The Morgan fingerprint density at radius 3 is 2.54 bits per heavy atom. The highest BCUT2D eigenvalue weighted by atomic mass is 32.2. The Hall–Kier alpha value is -1.68. The standard InChI is InChI=1S/C20H27NO2S/c1-5-18(19(22)21-12-13-24-20(2,3)4)23-17-11-10-15-8-6-7-9-16(15)14-17/h6-11,14,18H,5,12-13H2,1-4H3,(H,21,22)/t18-/m0/s1. The SMILES string of the molecule is CC[C@H](Oc1ccc2ccccc2c1)C(=O)NCCSC(C)(C)C. The Bertz CT molecular complexity index is 679. The monoisotopic (exact) mass is 345 g/mol. The van der Waals surface area contributed by atoms with Gasteiger partial charge >= 0.3 is 0 Å². The summed E-state index contributed by atoms with van der Waals surface area (Å²) in [6, 6.07) is 14.1. The first kappa shape index (κ1) is 18.7. The number of thioether (sulfide) groups is 1. The lowest BCUT2D eigenvalue weighted by Crippen LogP contribution is -2.39. The summed E-state index contributed by atoms with van der Waals surface area (Å²) >= 11 is 1.84. The first-order valence-electron chi connectivity index (χ1n) is 8.46. The van der Waals surface area contributed by atoms with Gasteiger partial charge in [-0.2, -0.15) is 11.8 Å². The van der Waals surface area contributed by atoms with Crippen LogP contribution in [0.2, 0.25) is 0 Å². The van der Waals surface area contributed by atoms with Crippen molar-refractivity contribution in [3.63, 3.8) is 0 Å². The number of nitrogens with one attached hydrogen (secondary N) is 1. The summed E-state index contributed by atoms with van der Waals surface area (Å²) in [5.74, 6) is 1.60. The smallest absolute Gasteiger partial charge is 0.261 e. The van der Waals surface area contributed by atoms with Gasteiger partial charge in [0.15, 0.2) is 6.10 Å². The molecule has 1 amide bonds. The van der Waals surface area contributed by atoms with Crippen molar-refractivity contribution in [3.05, 3.63) is 42.5 Å². The molecule has 2 rings (SSSR count). The van der Waals surface area contributed by atoms with Gasteiger partial charge in [-0.25, -0.2) is 0 Å².